The summed E-state index contributed by atoms with van der Waals surface area (Å²) in [5.74, 6) is 0.835. The standard InChI is InChI=1S/C34H40O3/c1-25(36-2)26-13-9-7-8-11-14-27(21-26)29-17-19-32-23-30(18-20-31(32)22-29)28-15-10-5-4-6-12-16-33(24-28)34(35)37-3/h4-6,10,12,15-20,22-27H,7-9,11,13-14,21H2,1-3H3. The average molecular weight is 497 g/mol. The number of fused-ring (bicyclic) bond motifs is 1. The average Bonchev–Trinajstić information content (AvgIpc) is 3.06. The van der Waals surface area contributed by atoms with Crippen LogP contribution in [0, 0.1) is 5.92 Å². The lowest BCUT2D eigenvalue weighted by molar-refractivity contribution is 0.0555. The van der Waals surface area contributed by atoms with Gasteiger partial charge in [-0.2, -0.15) is 0 Å². The maximum Gasteiger partial charge on any atom is 0.337 e. The highest BCUT2D eigenvalue weighted by Gasteiger charge is 2.24. The van der Waals surface area contributed by atoms with Crippen molar-refractivity contribution >= 4 is 16.7 Å². The lowest BCUT2D eigenvalue weighted by Gasteiger charge is -2.27. The van der Waals surface area contributed by atoms with Crippen molar-refractivity contribution in [2.75, 3.05) is 14.2 Å². The highest BCUT2D eigenvalue weighted by molar-refractivity contribution is 5.92. The van der Waals surface area contributed by atoms with E-state index in [1.54, 1.807) is 6.07 Å². The third-order valence-corrected chi connectivity index (χ3v) is 7.90. The van der Waals surface area contributed by atoms with Gasteiger partial charge in [0, 0.05) is 7.11 Å². The Bertz CT molecular complexity index is 1250. The van der Waals surface area contributed by atoms with Gasteiger partial charge < -0.3 is 9.47 Å². The normalized spacial score (nSPS) is 19.1. The van der Waals surface area contributed by atoms with Gasteiger partial charge >= 0.3 is 5.97 Å². The van der Waals surface area contributed by atoms with Crippen LogP contribution in [0.3, 0.4) is 0 Å². The van der Waals surface area contributed by atoms with Crippen molar-refractivity contribution in [2.24, 2.45) is 5.92 Å². The summed E-state index contributed by atoms with van der Waals surface area (Å²) in [6.07, 6.45) is 9.29. The van der Waals surface area contributed by atoms with Crippen molar-refractivity contribution in [3.63, 3.8) is 0 Å². The van der Waals surface area contributed by atoms with Crippen molar-refractivity contribution in [2.45, 2.75) is 63.9 Å². The summed E-state index contributed by atoms with van der Waals surface area (Å²) in [5, 5.41) is 2.46. The zero-order valence-electron chi connectivity index (χ0n) is 22.5. The fourth-order valence-electron chi connectivity index (χ4n) is 5.57. The Balaban J connectivity index is 1.68. The van der Waals surface area contributed by atoms with E-state index in [0.29, 0.717) is 23.5 Å². The summed E-state index contributed by atoms with van der Waals surface area (Å²) in [4.78, 5) is 12.3. The van der Waals surface area contributed by atoms with Gasteiger partial charge in [-0.05, 0) is 83.7 Å². The molecular weight excluding hydrogens is 456 g/mol. The summed E-state index contributed by atoms with van der Waals surface area (Å²) in [6, 6.07) is 29.0. The van der Waals surface area contributed by atoms with Crippen molar-refractivity contribution < 1.29 is 14.3 Å². The third-order valence-electron chi connectivity index (χ3n) is 7.90. The molecule has 0 saturated heterocycles. The van der Waals surface area contributed by atoms with E-state index in [1.165, 1.54) is 68.4 Å². The van der Waals surface area contributed by atoms with Gasteiger partial charge in [0.15, 0.2) is 0 Å². The number of benzene rings is 2. The first-order chi connectivity index (χ1) is 18.1. The van der Waals surface area contributed by atoms with Crippen molar-refractivity contribution in [1.82, 2.24) is 0 Å². The predicted octanol–water partition coefficient (Wildman–Crippen LogP) is 8.90. The Morgan fingerprint density at radius 3 is 2.22 bits per heavy atom. The molecule has 0 N–H and O–H groups in total. The van der Waals surface area contributed by atoms with Crippen LogP contribution < -0.4 is 0 Å². The summed E-state index contributed by atoms with van der Waals surface area (Å²) < 4.78 is 10.8. The van der Waals surface area contributed by atoms with Crippen LogP contribution in [0.5, 0.6) is 0 Å². The zero-order chi connectivity index (χ0) is 26.0. The number of esters is 1. The number of hydrogen-bond acceptors (Lipinski definition) is 3. The molecule has 194 valence electrons. The van der Waals surface area contributed by atoms with Crippen molar-refractivity contribution in [3.05, 3.63) is 96.1 Å². The monoisotopic (exact) mass is 496 g/mol. The van der Waals surface area contributed by atoms with Crippen molar-refractivity contribution in [1.29, 1.82) is 0 Å². The molecule has 1 saturated carbocycles. The number of hydrogen-bond donors (Lipinski definition) is 0. The minimum Gasteiger partial charge on any atom is -0.465 e. The van der Waals surface area contributed by atoms with Gasteiger partial charge in [0.25, 0.3) is 0 Å². The van der Waals surface area contributed by atoms with Crippen LogP contribution in [0.1, 0.15) is 73.7 Å². The van der Waals surface area contributed by atoms with Gasteiger partial charge in [0.1, 0.15) is 0 Å². The minimum atomic E-state index is -0.346. The van der Waals surface area contributed by atoms with E-state index >= 15 is 0 Å². The molecular formula is C34H40O3. The van der Waals surface area contributed by atoms with Crippen LogP contribution in [0.25, 0.3) is 21.9 Å². The Hall–Kier alpha value is -3.17. The molecule has 0 aromatic heterocycles. The van der Waals surface area contributed by atoms with E-state index in [1.807, 2.05) is 49.6 Å². The zero-order valence-corrected chi connectivity index (χ0v) is 22.5. The quantitative estimate of drug-likeness (QED) is 0.331. The maximum absolute atomic E-state index is 12.3. The smallest absolute Gasteiger partial charge is 0.337 e. The van der Waals surface area contributed by atoms with Crippen LogP contribution >= 0.6 is 0 Å². The SMILES string of the molecule is COC(=O)c1cccccccc(-c2ccc3cc(C4CCCCCCC(C(C)OC)C4)ccc3c2)c1. The van der Waals surface area contributed by atoms with E-state index in [4.69, 9.17) is 9.47 Å². The predicted molar refractivity (Wildman–Crippen MR) is 153 cm³/mol. The molecule has 3 aromatic carbocycles. The molecule has 3 unspecified atom stereocenters. The molecule has 37 heavy (non-hydrogen) atoms. The number of ether oxygens (including phenoxy) is 2. The highest BCUT2D eigenvalue weighted by atomic mass is 16.5. The van der Waals surface area contributed by atoms with Crippen LogP contribution in [-0.4, -0.2) is 26.3 Å². The van der Waals surface area contributed by atoms with Gasteiger partial charge in [-0.3, -0.25) is 0 Å². The van der Waals surface area contributed by atoms with E-state index < -0.39 is 0 Å². The molecule has 4 rings (SSSR count). The maximum atomic E-state index is 12.3. The first-order valence-corrected chi connectivity index (χ1v) is 13.7. The van der Waals surface area contributed by atoms with Crippen molar-refractivity contribution in [3.8, 4) is 11.1 Å². The second-order valence-electron chi connectivity index (χ2n) is 10.3. The lowest BCUT2D eigenvalue weighted by Crippen LogP contribution is -2.21. The first-order valence-electron chi connectivity index (χ1n) is 13.7. The van der Waals surface area contributed by atoms with E-state index in [2.05, 4.69) is 43.3 Å². The number of carbonyl (C=O) groups is 1. The molecule has 0 heterocycles. The summed E-state index contributed by atoms with van der Waals surface area (Å²) in [5.41, 5.74) is 4.00. The largest absolute Gasteiger partial charge is 0.465 e. The van der Waals surface area contributed by atoms with Gasteiger partial charge in [-0.1, -0.05) is 92.4 Å². The van der Waals surface area contributed by atoms with E-state index in [-0.39, 0.29) is 5.97 Å². The third kappa shape index (κ3) is 7.20. The van der Waals surface area contributed by atoms with Crippen LogP contribution in [0.4, 0.5) is 0 Å². The van der Waals surface area contributed by atoms with Gasteiger partial charge in [-0.25, -0.2) is 4.79 Å². The summed E-state index contributed by atoms with van der Waals surface area (Å²) in [7, 11) is 3.26. The molecule has 0 spiro atoms. The molecule has 0 radical (unpaired) electrons. The summed E-state index contributed by atoms with van der Waals surface area (Å²) in [6.45, 7) is 2.23. The Labute approximate surface area is 222 Å². The molecule has 0 amide bonds. The van der Waals surface area contributed by atoms with Gasteiger partial charge in [0.05, 0.1) is 18.8 Å². The topological polar surface area (TPSA) is 35.5 Å². The minimum absolute atomic E-state index is 0.302. The Morgan fingerprint density at radius 1 is 0.757 bits per heavy atom. The molecule has 1 aliphatic rings. The second kappa shape index (κ2) is 13.4. The number of methoxy groups -OCH3 is 2. The molecule has 1 fully saturated rings. The molecule has 3 heteroatoms. The molecule has 3 aromatic rings. The molecule has 0 aliphatic heterocycles. The number of carbonyl (C=O) groups excluding carboxylic acids is 1. The fraction of sp³-hybridized carbons (Fsp3) is 0.382. The second-order valence-corrected chi connectivity index (χ2v) is 10.3. The van der Waals surface area contributed by atoms with Crippen LogP contribution in [0.2, 0.25) is 0 Å². The first kappa shape index (κ1) is 26.9. The summed E-state index contributed by atoms with van der Waals surface area (Å²) >= 11 is 0. The Kier molecular flexibility index (Phi) is 9.73. The molecule has 3 nitrogen and oxygen atoms in total. The van der Waals surface area contributed by atoms with E-state index in [0.717, 1.165) is 11.1 Å². The van der Waals surface area contributed by atoms with E-state index in [9.17, 15) is 4.79 Å². The van der Waals surface area contributed by atoms with Gasteiger partial charge in [-0.15, -0.1) is 0 Å². The highest BCUT2D eigenvalue weighted by Crippen LogP contribution is 2.37. The fourth-order valence-corrected chi connectivity index (χ4v) is 5.57. The Morgan fingerprint density at radius 2 is 1.43 bits per heavy atom. The van der Waals surface area contributed by atoms with Gasteiger partial charge in [0.2, 0.25) is 0 Å². The molecule has 3 atom stereocenters. The lowest BCUT2D eigenvalue weighted by atomic mass is 9.82. The molecule has 0 bridgehead atoms. The number of rotatable bonds is 5. The van der Waals surface area contributed by atoms with Crippen LogP contribution in [-0.2, 0) is 9.47 Å². The van der Waals surface area contributed by atoms with Crippen LogP contribution in [0.15, 0.2) is 84.9 Å². The molecule has 1 aliphatic carbocycles.